The summed E-state index contributed by atoms with van der Waals surface area (Å²) in [6, 6.07) is 18.7. The van der Waals surface area contributed by atoms with E-state index in [-0.39, 0.29) is 22.5 Å². The SMILES string of the molecule is CC(C)c1ccc2oc(-c3cc(NC(=S)NC(=O)c4ccc(-c5ccc(Cl)cc5Cl)o4)ccc3O)nc2c1. The van der Waals surface area contributed by atoms with Crippen LogP contribution in [0.25, 0.3) is 33.9 Å². The molecule has 0 aliphatic heterocycles. The molecule has 0 fully saturated rings. The Hall–Kier alpha value is -3.85. The highest BCUT2D eigenvalue weighted by atomic mass is 35.5. The first-order valence-electron chi connectivity index (χ1n) is 11.6. The molecule has 0 unspecified atom stereocenters. The maximum Gasteiger partial charge on any atom is 0.293 e. The second-order valence-corrected chi connectivity index (χ2v) is 10.1. The molecular weight excluding hydrogens is 545 g/mol. The molecule has 38 heavy (non-hydrogen) atoms. The van der Waals surface area contributed by atoms with Crippen molar-refractivity contribution in [1.82, 2.24) is 10.3 Å². The number of amides is 1. The Kier molecular flexibility index (Phi) is 7.12. The van der Waals surface area contributed by atoms with E-state index in [0.717, 1.165) is 5.56 Å². The third-order valence-corrected chi connectivity index (χ3v) is 6.57. The van der Waals surface area contributed by atoms with E-state index in [0.29, 0.717) is 49.6 Å². The van der Waals surface area contributed by atoms with E-state index in [9.17, 15) is 9.90 Å². The van der Waals surface area contributed by atoms with Gasteiger partial charge in [0, 0.05) is 16.3 Å². The van der Waals surface area contributed by atoms with Gasteiger partial charge in [-0.05, 0) is 84.4 Å². The van der Waals surface area contributed by atoms with E-state index >= 15 is 0 Å². The molecule has 0 aliphatic rings. The fourth-order valence-corrected chi connectivity index (χ4v) is 4.54. The number of phenols is 1. The Morgan fingerprint density at radius 2 is 1.79 bits per heavy atom. The highest BCUT2D eigenvalue weighted by molar-refractivity contribution is 7.80. The molecule has 0 spiro atoms. The third-order valence-electron chi connectivity index (χ3n) is 5.82. The van der Waals surface area contributed by atoms with Crippen LogP contribution in [0.5, 0.6) is 5.75 Å². The van der Waals surface area contributed by atoms with Crippen LogP contribution in [0.2, 0.25) is 10.0 Å². The molecule has 0 bridgehead atoms. The van der Waals surface area contributed by atoms with Gasteiger partial charge in [-0.1, -0.05) is 43.1 Å². The van der Waals surface area contributed by atoms with Crippen molar-refractivity contribution in [2.75, 3.05) is 5.32 Å². The van der Waals surface area contributed by atoms with E-state index in [1.165, 1.54) is 12.1 Å². The molecule has 0 saturated heterocycles. The van der Waals surface area contributed by atoms with Crippen molar-refractivity contribution in [2.45, 2.75) is 19.8 Å². The predicted octanol–water partition coefficient (Wildman–Crippen LogP) is 8.02. The van der Waals surface area contributed by atoms with Gasteiger partial charge in [0.1, 0.15) is 17.0 Å². The molecule has 5 aromatic rings. The molecule has 0 saturated carbocycles. The standard InChI is InChI=1S/C28H21Cl2N3O4S/c1-14(2)15-3-8-24-21(11-15)32-27(37-24)19-13-17(5-7-22(19)34)31-28(38)33-26(35)25-10-9-23(36-25)18-6-4-16(29)12-20(18)30/h3-14,34H,1-2H3,(H2,31,33,35,38). The highest BCUT2D eigenvalue weighted by Gasteiger charge is 2.17. The van der Waals surface area contributed by atoms with Gasteiger partial charge in [-0.2, -0.15) is 0 Å². The van der Waals surface area contributed by atoms with Gasteiger partial charge in [0.05, 0.1) is 10.6 Å². The number of rotatable bonds is 5. The summed E-state index contributed by atoms with van der Waals surface area (Å²) in [7, 11) is 0. The van der Waals surface area contributed by atoms with Gasteiger partial charge < -0.3 is 19.3 Å². The Morgan fingerprint density at radius 1 is 0.974 bits per heavy atom. The minimum atomic E-state index is -0.544. The number of furan rings is 1. The van der Waals surface area contributed by atoms with Gasteiger partial charge in [-0.15, -0.1) is 0 Å². The number of fused-ring (bicyclic) bond motifs is 1. The number of hydrogen-bond donors (Lipinski definition) is 3. The lowest BCUT2D eigenvalue weighted by Gasteiger charge is -2.10. The van der Waals surface area contributed by atoms with Crippen LogP contribution in [0.4, 0.5) is 5.69 Å². The number of oxazole rings is 1. The van der Waals surface area contributed by atoms with E-state index in [1.54, 1.807) is 36.4 Å². The van der Waals surface area contributed by atoms with Crippen LogP contribution in [0.15, 0.2) is 75.6 Å². The topological polar surface area (TPSA) is 101 Å². The Morgan fingerprint density at radius 3 is 2.55 bits per heavy atom. The Bertz CT molecular complexity index is 1690. The molecule has 2 heterocycles. The molecule has 2 aromatic heterocycles. The zero-order chi connectivity index (χ0) is 27.0. The molecule has 0 atom stereocenters. The zero-order valence-corrected chi connectivity index (χ0v) is 22.5. The fourth-order valence-electron chi connectivity index (χ4n) is 3.82. The molecule has 3 N–H and O–H groups in total. The minimum absolute atomic E-state index is 0.00915. The number of benzene rings is 3. The van der Waals surface area contributed by atoms with Crippen molar-refractivity contribution in [2.24, 2.45) is 0 Å². The van der Waals surface area contributed by atoms with Crippen molar-refractivity contribution in [3.05, 3.63) is 88.1 Å². The van der Waals surface area contributed by atoms with Crippen LogP contribution in [0.3, 0.4) is 0 Å². The molecule has 1 amide bonds. The summed E-state index contributed by atoms with van der Waals surface area (Å²) in [4.78, 5) is 17.2. The molecule has 192 valence electrons. The number of aromatic hydroxyl groups is 1. The molecule has 0 radical (unpaired) electrons. The van der Waals surface area contributed by atoms with Gasteiger partial charge >= 0.3 is 0 Å². The second-order valence-electron chi connectivity index (χ2n) is 8.83. The van der Waals surface area contributed by atoms with E-state index in [1.807, 2.05) is 18.2 Å². The normalized spacial score (nSPS) is 11.2. The van der Waals surface area contributed by atoms with Crippen molar-refractivity contribution in [3.8, 4) is 28.5 Å². The lowest BCUT2D eigenvalue weighted by atomic mass is 10.0. The van der Waals surface area contributed by atoms with Crippen molar-refractivity contribution < 1.29 is 18.7 Å². The van der Waals surface area contributed by atoms with Crippen LogP contribution >= 0.6 is 35.4 Å². The number of carbonyl (C=O) groups is 1. The highest BCUT2D eigenvalue weighted by Crippen LogP contribution is 2.34. The number of aromatic nitrogens is 1. The smallest absolute Gasteiger partial charge is 0.293 e. The summed E-state index contributed by atoms with van der Waals surface area (Å²) in [6.45, 7) is 4.20. The number of hydrogen-bond acceptors (Lipinski definition) is 6. The minimum Gasteiger partial charge on any atom is -0.507 e. The van der Waals surface area contributed by atoms with Crippen LogP contribution in [0, 0.1) is 0 Å². The summed E-state index contributed by atoms with van der Waals surface area (Å²) in [5, 5.41) is 16.9. The lowest BCUT2D eigenvalue weighted by Crippen LogP contribution is -2.33. The summed E-state index contributed by atoms with van der Waals surface area (Å²) >= 11 is 17.5. The molecular formula is C28H21Cl2N3O4S. The van der Waals surface area contributed by atoms with Gasteiger partial charge in [0.25, 0.3) is 5.91 Å². The lowest BCUT2D eigenvalue weighted by molar-refractivity contribution is 0.0951. The molecule has 10 heteroatoms. The average molecular weight is 566 g/mol. The Labute approximate surface area is 233 Å². The maximum atomic E-state index is 12.7. The number of thiocarbonyl (C=S) groups is 1. The molecule has 5 rings (SSSR count). The number of phenolic OH excluding ortho intramolecular Hbond substituents is 1. The summed E-state index contributed by atoms with van der Waals surface area (Å²) in [6.07, 6.45) is 0. The summed E-state index contributed by atoms with van der Waals surface area (Å²) in [5.41, 5.74) is 3.94. The first-order valence-corrected chi connectivity index (χ1v) is 12.8. The number of nitrogens with zero attached hydrogens (tertiary/aromatic N) is 1. The van der Waals surface area contributed by atoms with Gasteiger partial charge in [0.15, 0.2) is 16.5 Å². The van der Waals surface area contributed by atoms with Crippen LogP contribution < -0.4 is 10.6 Å². The first kappa shape index (κ1) is 25.8. The molecule has 3 aromatic carbocycles. The van der Waals surface area contributed by atoms with Gasteiger partial charge in [-0.3, -0.25) is 10.1 Å². The van der Waals surface area contributed by atoms with Crippen LogP contribution in [0.1, 0.15) is 35.9 Å². The average Bonchev–Trinajstić information content (AvgIpc) is 3.52. The second kappa shape index (κ2) is 10.5. The number of carbonyl (C=O) groups excluding carboxylic acids is 1. The number of nitrogens with one attached hydrogen (secondary N) is 2. The van der Waals surface area contributed by atoms with Crippen molar-refractivity contribution in [1.29, 1.82) is 0 Å². The van der Waals surface area contributed by atoms with Crippen LogP contribution in [-0.4, -0.2) is 21.1 Å². The monoisotopic (exact) mass is 565 g/mol. The van der Waals surface area contributed by atoms with E-state index < -0.39 is 5.91 Å². The zero-order valence-electron chi connectivity index (χ0n) is 20.2. The molecule has 7 nitrogen and oxygen atoms in total. The molecule has 0 aliphatic carbocycles. The third kappa shape index (κ3) is 5.38. The van der Waals surface area contributed by atoms with Crippen LogP contribution in [-0.2, 0) is 0 Å². The summed E-state index contributed by atoms with van der Waals surface area (Å²) < 4.78 is 11.5. The predicted molar refractivity (Wildman–Crippen MR) is 153 cm³/mol. The first-order chi connectivity index (χ1) is 18.2. The number of halogens is 2. The quantitative estimate of drug-likeness (QED) is 0.146. The van der Waals surface area contributed by atoms with E-state index in [2.05, 4.69) is 29.5 Å². The van der Waals surface area contributed by atoms with Gasteiger partial charge in [0.2, 0.25) is 5.89 Å². The van der Waals surface area contributed by atoms with Gasteiger partial charge in [-0.25, -0.2) is 4.98 Å². The largest absolute Gasteiger partial charge is 0.507 e. The fraction of sp³-hybridized carbons (Fsp3) is 0.107. The summed E-state index contributed by atoms with van der Waals surface area (Å²) in [5.74, 6) is 0.523. The van der Waals surface area contributed by atoms with E-state index in [4.69, 9.17) is 44.3 Å². The van der Waals surface area contributed by atoms with Crippen molar-refractivity contribution >= 4 is 63.2 Å². The maximum absolute atomic E-state index is 12.7. The Balaban J connectivity index is 1.30. The van der Waals surface area contributed by atoms with Crippen molar-refractivity contribution in [3.63, 3.8) is 0 Å². The number of anilines is 1.